The smallest absolute Gasteiger partial charge is 0.0815 e. The Balaban J connectivity index is 2.14. The zero-order valence-corrected chi connectivity index (χ0v) is 12.5. The van der Waals surface area contributed by atoms with Gasteiger partial charge in [0, 0.05) is 16.3 Å². The van der Waals surface area contributed by atoms with Crippen molar-refractivity contribution in [2.24, 2.45) is 0 Å². The van der Waals surface area contributed by atoms with E-state index in [4.69, 9.17) is 11.6 Å². The molecule has 0 saturated carbocycles. The topological polar surface area (TPSA) is 29.9 Å². The van der Waals surface area contributed by atoms with Gasteiger partial charge < -0.3 is 5.32 Å². The standard InChI is InChI=1S/C13H18ClN3S/c1-4-15-6-12-5-11(10(3)18-12)8-17-9(2)13(14)7-16-17/h5,7,15H,4,6,8H2,1-3H3. The van der Waals surface area contributed by atoms with Crippen LogP contribution in [0.3, 0.4) is 0 Å². The highest BCUT2D eigenvalue weighted by Crippen LogP contribution is 2.23. The fraction of sp³-hybridized carbons (Fsp3) is 0.462. The molecule has 0 aliphatic rings. The molecular weight excluding hydrogens is 266 g/mol. The maximum absolute atomic E-state index is 6.02. The van der Waals surface area contributed by atoms with Crippen molar-refractivity contribution in [3.63, 3.8) is 0 Å². The predicted molar refractivity (Wildman–Crippen MR) is 77.5 cm³/mol. The van der Waals surface area contributed by atoms with Gasteiger partial charge in [0.15, 0.2) is 0 Å². The first-order valence-corrected chi connectivity index (χ1v) is 7.28. The molecule has 5 heteroatoms. The van der Waals surface area contributed by atoms with Crippen molar-refractivity contribution in [1.82, 2.24) is 15.1 Å². The fourth-order valence-corrected chi connectivity index (χ4v) is 2.99. The van der Waals surface area contributed by atoms with Crippen LogP contribution in [-0.2, 0) is 13.1 Å². The lowest BCUT2D eigenvalue weighted by Gasteiger charge is -2.03. The number of nitrogens with one attached hydrogen (secondary N) is 1. The third-order valence-corrected chi connectivity index (χ3v) is 4.45. The summed E-state index contributed by atoms with van der Waals surface area (Å²) in [5.41, 5.74) is 2.35. The van der Waals surface area contributed by atoms with Gasteiger partial charge in [0.05, 0.1) is 23.5 Å². The van der Waals surface area contributed by atoms with E-state index in [9.17, 15) is 0 Å². The summed E-state index contributed by atoms with van der Waals surface area (Å²) in [5, 5.41) is 8.38. The Morgan fingerprint density at radius 1 is 1.44 bits per heavy atom. The van der Waals surface area contributed by atoms with Gasteiger partial charge in [-0.15, -0.1) is 11.3 Å². The summed E-state index contributed by atoms with van der Waals surface area (Å²) in [4.78, 5) is 2.73. The summed E-state index contributed by atoms with van der Waals surface area (Å²) in [6.45, 7) is 9.02. The van der Waals surface area contributed by atoms with Crippen LogP contribution in [0.2, 0.25) is 5.02 Å². The summed E-state index contributed by atoms with van der Waals surface area (Å²) >= 11 is 7.87. The summed E-state index contributed by atoms with van der Waals surface area (Å²) in [6.07, 6.45) is 1.71. The summed E-state index contributed by atoms with van der Waals surface area (Å²) in [6, 6.07) is 2.26. The van der Waals surface area contributed by atoms with Crippen LogP contribution in [0, 0.1) is 13.8 Å². The normalized spacial score (nSPS) is 11.1. The van der Waals surface area contributed by atoms with E-state index in [0.717, 1.165) is 30.4 Å². The molecule has 0 aliphatic carbocycles. The number of aromatic nitrogens is 2. The predicted octanol–water partition coefficient (Wildman–Crippen LogP) is 3.37. The first-order valence-electron chi connectivity index (χ1n) is 6.08. The van der Waals surface area contributed by atoms with Crippen molar-refractivity contribution in [2.75, 3.05) is 6.54 Å². The minimum absolute atomic E-state index is 0.732. The maximum Gasteiger partial charge on any atom is 0.0815 e. The molecule has 0 aliphatic heterocycles. The van der Waals surface area contributed by atoms with Crippen LogP contribution in [-0.4, -0.2) is 16.3 Å². The van der Waals surface area contributed by atoms with Crippen LogP contribution in [0.15, 0.2) is 12.3 Å². The fourth-order valence-electron chi connectivity index (χ4n) is 1.82. The molecule has 18 heavy (non-hydrogen) atoms. The van der Waals surface area contributed by atoms with E-state index >= 15 is 0 Å². The zero-order valence-electron chi connectivity index (χ0n) is 11.0. The molecule has 0 unspecified atom stereocenters. The minimum atomic E-state index is 0.732. The quantitative estimate of drug-likeness (QED) is 0.912. The number of nitrogens with zero attached hydrogens (tertiary/aromatic N) is 2. The van der Waals surface area contributed by atoms with Gasteiger partial charge in [-0.3, -0.25) is 4.68 Å². The summed E-state index contributed by atoms with van der Waals surface area (Å²) in [5.74, 6) is 0. The Morgan fingerprint density at radius 3 is 2.83 bits per heavy atom. The number of thiophene rings is 1. The van der Waals surface area contributed by atoms with Gasteiger partial charge in [0.2, 0.25) is 0 Å². The van der Waals surface area contributed by atoms with Crippen LogP contribution in [0.1, 0.15) is 27.9 Å². The maximum atomic E-state index is 6.02. The van der Waals surface area contributed by atoms with E-state index in [1.54, 1.807) is 6.20 Å². The van der Waals surface area contributed by atoms with Crippen LogP contribution in [0.4, 0.5) is 0 Å². The molecule has 0 radical (unpaired) electrons. The molecule has 0 amide bonds. The summed E-state index contributed by atoms with van der Waals surface area (Å²) < 4.78 is 1.95. The van der Waals surface area contributed by atoms with Gasteiger partial charge in [-0.1, -0.05) is 18.5 Å². The Bertz CT molecular complexity index is 530. The first-order chi connectivity index (χ1) is 8.61. The van der Waals surface area contributed by atoms with E-state index in [0.29, 0.717) is 0 Å². The third-order valence-electron chi connectivity index (χ3n) is 2.98. The van der Waals surface area contributed by atoms with Crippen molar-refractivity contribution in [1.29, 1.82) is 0 Å². The van der Waals surface area contributed by atoms with E-state index in [2.05, 4.69) is 30.3 Å². The molecular formula is C13H18ClN3S. The number of hydrogen-bond donors (Lipinski definition) is 1. The molecule has 0 aromatic carbocycles. The molecule has 0 spiro atoms. The molecule has 3 nitrogen and oxygen atoms in total. The lowest BCUT2D eigenvalue weighted by molar-refractivity contribution is 0.663. The van der Waals surface area contributed by atoms with Crippen molar-refractivity contribution >= 4 is 22.9 Å². The van der Waals surface area contributed by atoms with Crippen LogP contribution >= 0.6 is 22.9 Å². The first kappa shape index (κ1) is 13.6. The van der Waals surface area contributed by atoms with E-state index in [1.807, 2.05) is 22.9 Å². The van der Waals surface area contributed by atoms with Gasteiger partial charge in [-0.2, -0.15) is 5.10 Å². The number of hydrogen-bond acceptors (Lipinski definition) is 3. The number of halogens is 1. The molecule has 0 fully saturated rings. The van der Waals surface area contributed by atoms with Gasteiger partial charge in [-0.25, -0.2) is 0 Å². The van der Waals surface area contributed by atoms with Crippen LogP contribution in [0.25, 0.3) is 0 Å². The lowest BCUT2D eigenvalue weighted by Crippen LogP contribution is -2.10. The van der Waals surface area contributed by atoms with Gasteiger partial charge in [0.1, 0.15) is 0 Å². The van der Waals surface area contributed by atoms with Crippen molar-refractivity contribution in [2.45, 2.75) is 33.9 Å². The molecule has 0 bridgehead atoms. The Labute approximate surface area is 117 Å². The molecule has 2 aromatic rings. The van der Waals surface area contributed by atoms with Gasteiger partial charge >= 0.3 is 0 Å². The lowest BCUT2D eigenvalue weighted by atomic mass is 10.2. The monoisotopic (exact) mass is 283 g/mol. The molecule has 98 valence electrons. The molecule has 2 heterocycles. The Morgan fingerprint density at radius 2 is 2.22 bits per heavy atom. The average Bonchev–Trinajstić information content (AvgIpc) is 2.85. The van der Waals surface area contributed by atoms with E-state index in [-0.39, 0.29) is 0 Å². The largest absolute Gasteiger partial charge is 0.312 e. The SMILES string of the molecule is CCNCc1cc(Cn2ncc(Cl)c2C)c(C)s1. The van der Waals surface area contributed by atoms with E-state index < -0.39 is 0 Å². The highest BCUT2D eigenvalue weighted by Gasteiger charge is 2.09. The second kappa shape index (κ2) is 5.87. The average molecular weight is 284 g/mol. The highest BCUT2D eigenvalue weighted by molar-refractivity contribution is 7.12. The summed E-state index contributed by atoms with van der Waals surface area (Å²) in [7, 11) is 0. The highest BCUT2D eigenvalue weighted by atomic mass is 35.5. The van der Waals surface area contributed by atoms with Crippen molar-refractivity contribution in [3.8, 4) is 0 Å². The van der Waals surface area contributed by atoms with Gasteiger partial charge in [-0.05, 0) is 32.0 Å². The van der Waals surface area contributed by atoms with E-state index in [1.165, 1.54) is 15.3 Å². The number of rotatable bonds is 5. The third kappa shape index (κ3) is 2.94. The van der Waals surface area contributed by atoms with Crippen molar-refractivity contribution in [3.05, 3.63) is 38.3 Å². The second-order valence-electron chi connectivity index (χ2n) is 4.31. The molecule has 0 saturated heterocycles. The zero-order chi connectivity index (χ0) is 13.1. The Kier molecular flexibility index (Phi) is 4.43. The molecule has 0 atom stereocenters. The number of aryl methyl sites for hydroxylation is 1. The van der Waals surface area contributed by atoms with Crippen LogP contribution in [0.5, 0.6) is 0 Å². The minimum Gasteiger partial charge on any atom is -0.312 e. The second-order valence-corrected chi connectivity index (χ2v) is 6.06. The van der Waals surface area contributed by atoms with Gasteiger partial charge in [0.25, 0.3) is 0 Å². The molecule has 2 aromatic heterocycles. The molecule has 2 rings (SSSR count). The Hall–Kier alpha value is -0.840. The van der Waals surface area contributed by atoms with Crippen molar-refractivity contribution < 1.29 is 0 Å². The molecule has 1 N–H and O–H groups in total. The van der Waals surface area contributed by atoms with Crippen LogP contribution < -0.4 is 5.32 Å².